The molecular formula is C12H18FN. The molecule has 1 aromatic carbocycles. The van der Waals surface area contributed by atoms with Gasteiger partial charge in [-0.15, -0.1) is 0 Å². The van der Waals surface area contributed by atoms with Gasteiger partial charge in [0.15, 0.2) is 0 Å². The summed E-state index contributed by atoms with van der Waals surface area (Å²) in [7, 11) is 0. The van der Waals surface area contributed by atoms with Gasteiger partial charge in [-0.25, -0.2) is 4.39 Å². The van der Waals surface area contributed by atoms with Crippen LogP contribution in [0.5, 0.6) is 0 Å². The van der Waals surface area contributed by atoms with E-state index in [0.717, 1.165) is 29.5 Å². The van der Waals surface area contributed by atoms with Crippen molar-refractivity contribution >= 4 is 0 Å². The Morgan fingerprint density at radius 2 is 1.79 bits per heavy atom. The van der Waals surface area contributed by atoms with Crippen molar-refractivity contribution < 1.29 is 4.39 Å². The van der Waals surface area contributed by atoms with E-state index in [1.165, 1.54) is 0 Å². The molecule has 0 radical (unpaired) electrons. The van der Waals surface area contributed by atoms with Crippen molar-refractivity contribution in [1.29, 1.82) is 0 Å². The van der Waals surface area contributed by atoms with Crippen LogP contribution in [0, 0.1) is 19.7 Å². The molecule has 1 rings (SSSR count). The van der Waals surface area contributed by atoms with Crippen LogP contribution in [0.4, 0.5) is 4.39 Å². The number of halogens is 1. The summed E-state index contributed by atoms with van der Waals surface area (Å²) in [6.45, 7) is 5.94. The first-order valence-corrected chi connectivity index (χ1v) is 5.08. The zero-order chi connectivity index (χ0) is 10.7. The average Bonchev–Trinajstić information content (AvgIpc) is 2.01. The van der Waals surface area contributed by atoms with E-state index in [9.17, 15) is 4.39 Å². The molecule has 14 heavy (non-hydrogen) atoms. The van der Waals surface area contributed by atoms with E-state index < -0.39 is 0 Å². The maximum atomic E-state index is 13.0. The minimum Gasteiger partial charge on any atom is -0.324 e. The average molecular weight is 195 g/mol. The monoisotopic (exact) mass is 195 g/mol. The molecule has 2 N–H and O–H groups in total. The summed E-state index contributed by atoms with van der Waals surface area (Å²) in [5.41, 5.74) is 9.06. The Morgan fingerprint density at radius 1 is 1.29 bits per heavy atom. The van der Waals surface area contributed by atoms with Crippen molar-refractivity contribution in [3.63, 3.8) is 0 Å². The Morgan fingerprint density at radius 3 is 2.21 bits per heavy atom. The van der Waals surface area contributed by atoms with Crippen LogP contribution in [-0.2, 0) is 0 Å². The lowest BCUT2D eigenvalue weighted by Crippen LogP contribution is -2.13. The summed E-state index contributed by atoms with van der Waals surface area (Å²) < 4.78 is 13.0. The number of hydrogen-bond donors (Lipinski definition) is 1. The van der Waals surface area contributed by atoms with Crippen LogP contribution in [0.1, 0.15) is 42.5 Å². The van der Waals surface area contributed by atoms with Crippen LogP contribution in [0.25, 0.3) is 0 Å². The van der Waals surface area contributed by atoms with Crippen LogP contribution in [-0.4, -0.2) is 0 Å². The molecule has 1 nitrogen and oxygen atoms in total. The molecule has 0 saturated heterocycles. The normalized spacial score (nSPS) is 12.9. The second kappa shape index (κ2) is 4.56. The third-order valence-electron chi connectivity index (χ3n) is 2.53. The van der Waals surface area contributed by atoms with Gasteiger partial charge in [0.2, 0.25) is 0 Å². The van der Waals surface area contributed by atoms with Gasteiger partial charge in [-0.05, 0) is 49.1 Å². The van der Waals surface area contributed by atoms with Gasteiger partial charge in [0.25, 0.3) is 0 Å². The maximum Gasteiger partial charge on any atom is 0.123 e. The summed E-state index contributed by atoms with van der Waals surface area (Å²) in [6, 6.07) is 3.15. The van der Waals surface area contributed by atoms with E-state index in [-0.39, 0.29) is 11.9 Å². The summed E-state index contributed by atoms with van der Waals surface area (Å²) in [5, 5.41) is 0. The highest BCUT2D eigenvalue weighted by Crippen LogP contribution is 2.24. The lowest BCUT2D eigenvalue weighted by atomic mass is 9.94. The second-order valence-electron chi connectivity index (χ2n) is 3.85. The van der Waals surface area contributed by atoms with E-state index in [1.807, 2.05) is 13.8 Å². The Balaban J connectivity index is 3.07. The Bertz CT molecular complexity index is 297. The molecule has 0 aliphatic rings. The Hall–Kier alpha value is -0.890. The van der Waals surface area contributed by atoms with Gasteiger partial charge >= 0.3 is 0 Å². The minimum atomic E-state index is -0.174. The molecule has 1 atom stereocenters. The molecule has 0 fully saturated rings. The summed E-state index contributed by atoms with van der Waals surface area (Å²) in [4.78, 5) is 0. The van der Waals surface area contributed by atoms with Crippen molar-refractivity contribution in [3.8, 4) is 0 Å². The first-order valence-electron chi connectivity index (χ1n) is 5.08. The predicted molar refractivity (Wildman–Crippen MR) is 57.7 cm³/mol. The van der Waals surface area contributed by atoms with Gasteiger partial charge in [-0.2, -0.15) is 0 Å². The second-order valence-corrected chi connectivity index (χ2v) is 3.85. The van der Waals surface area contributed by atoms with E-state index >= 15 is 0 Å². The number of benzene rings is 1. The van der Waals surface area contributed by atoms with Gasteiger partial charge < -0.3 is 5.73 Å². The zero-order valence-electron chi connectivity index (χ0n) is 9.10. The van der Waals surface area contributed by atoms with E-state index in [4.69, 9.17) is 5.73 Å². The first-order chi connectivity index (χ1) is 6.56. The van der Waals surface area contributed by atoms with Crippen molar-refractivity contribution in [3.05, 3.63) is 34.6 Å². The summed E-state index contributed by atoms with van der Waals surface area (Å²) >= 11 is 0. The number of rotatable bonds is 3. The lowest BCUT2D eigenvalue weighted by Gasteiger charge is -2.16. The fourth-order valence-electron chi connectivity index (χ4n) is 1.96. The van der Waals surface area contributed by atoms with Crippen LogP contribution >= 0.6 is 0 Å². The smallest absolute Gasteiger partial charge is 0.123 e. The molecule has 0 heterocycles. The molecule has 78 valence electrons. The van der Waals surface area contributed by atoms with Crippen LogP contribution < -0.4 is 5.73 Å². The van der Waals surface area contributed by atoms with Crippen LogP contribution in [0.15, 0.2) is 12.1 Å². The molecule has 1 aromatic rings. The van der Waals surface area contributed by atoms with Crippen molar-refractivity contribution in [2.24, 2.45) is 5.73 Å². The third kappa shape index (κ3) is 2.32. The molecule has 0 aliphatic carbocycles. The molecule has 0 spiro atoms. The quantitative estimate of drug-likeness (QED) is 0.787. The topological polar surface area (TPSA) is 26.0 Å². The fraction of sp³-hybridized carbons (Fsp3) is 0.500. The van der Waals surface area contributed by atoms with Gasteiger partial charge in [0.05, 0.1) is 0 Å². The van der Waals surface area contributed by atoms with Gasteiger partial charge in [-0.3, -0.25) is 0 Å². The highest BCUT2D eigenvalue weighted by Gasteiger charge is 2.11. The number of hydrogen-bond acceptors (Lipinski definition) is 1. The van der Waals surface area contributed by atoms with E-state index in [1.54, 1.807) is 12.1 Å². The SMILES string of the molecule is CCCC(N)c1c(C)cc(F)cc1C. The van der Waals surface area contributed by atoms with E-state index in [0.29, 0.717) is 0 Å². The Labute approximate surface area is 85.1 Å². The third-order valence-corrected chi connectivity index (χ3v) is 2.53. The minimum absolute atomic E-state index is 0.0422. The zero-order valence-corrected chi connectivity index (χ0v) is 9.10. The van der Waals surface area contributed by atoms with E-state index in [2.05, 4.69) is 6.92 Å². The number of nitrogens with two attached hydrogens (primary N) is 1. The summed E-state index contributed by atoms with van der Waals surface area (Å²) in [6.07, 6.45) is 2.00. The van der Waals surface area contributed by atoms with Crippen molar-refractivity contribution in [2.45, 2.75) is 39.7 Å². The standard InChI is InChI=1S/C12H18FN/c1-4-5-11(14)12-8(2)6-10(13)7-9(12)3/h6-7,11H,4-5,14H2,1-3H3. The molecule has 0 bridgehead atoms. The molecular weight excluding hydrogens is 177 g/mol. The highest BCUT2D eigenvalue weighted by molar-refractivity contribution is 5.36. The summed E-state index contributed by atoms with van der Waals surface area (Å²) in [5.74, 6) is -0.174. The van der Waals surface area contributed by atoms with Crippen molar-refractivity contribution in [1.82, 2.24) is 0 Å². The van der Waals surface area contributed by atoms with Gasteiger partial charge in [-0.1, -0.05) is 13.3 Å². The first kappa shape index (κ1) is 11.2. The fourth-order valence-corrected chi connectivity index (χ4v) is 1.96. The molecule has 0 aromatic heterocycles. The molecule has 0 saturated carbocycles. The Kier molecular flexibility index (Phi) is 3.64. The van der Waals surface area contributed by atoms with Gasteiger partial charge in [0.1, 0.15) is 5.82 Å². The predicted octanol–water partition coefficient (Wildman–Crippen LogP) is 3.24. The lowest BCUT2D eigenvalue weighted by molar-refractivity contribution is 0.608. The molecule has 1 unspecified atom stereocenters. The van der Waals surface area contributed by atoms with Gasteiger partial charge in [0, 0.05) is 6.04 Å². The van der Waals surface area contributed by atoms with Crippen molar-refractivity contribution in [2.75, 3.05) is 0 Å². The molecule has 2 heteroatoms. The number of aryl methyl sites for hydroxylation is 2. The maximum absolute atomic E-state index is 13.0. The van der Waals surface area contributed by atoms with Crippen LogP contribution in [0.2, 0.25) is 0 Å². The highest BCUT2D eigenvalue weighted by atomic mass is 19.1. The van der Waals surface area contributed by atoms with Crippen LogP contribution in [0.3, 0.4) is 0 Å². The molecule has 0 aliphatic heterocycles. The molecule has 0 amide bonds. The largest absolute Gasteiger partial charge is 0.324 e.